The Morgan fingerprint density at radius 1 is 1.64 bits per heavy atom. The average molecular weight is 209 g/mol. The molecule has 2 heterocycles. The van der Waals surface area contributed by atoms with E-state index in [1.165, 1.54) is 0 Å². The Morgan fingerprint density at radius 2 is 2.50 bits per heavy atom. The van der Waals surface area contributed by atoms with Crippen LogP contribution in [0.2, 0.25) is 0 Å². The first-order valence-corrected chi connectivity index (χ1v) is 5.22. The first-order valence-electron chi connectivity index (χ1n) is 4.34. The van der Waals surface area contributed by atoms with Crippen molar-refractivity contribution >= 4 is 11.3 Å². The van der Waals surface area contributed by atoms with Gasteiger partial charge in [-0.3, -0.25) is 0 Å². The molecule has 0 radical (unpaired) electrons. The third-order valence-electron chi connectivity index (χ3n) is 1.87. The van der Waals surface area contributed by atoms with Gasteiger partial charge in [-0.05, 0) is 6.92 Å². The minimum absolute atomic E-state index is 0.520. The molecule has 0 aliphatic heterocycles. The fourth-order valence-corrected chi connectivity index (χ4v) is 2.03. The van der Waals surface area contributed by atoms with Crippen LogP contribution < -0.4 is 0 Å². The topological polar surface area (TPSA) is 61.8 Å². The molecule has 0 aromatic carbocycles. The largest absolute Gasteiger partial charge is 0.385 e. The summed E-state index contributed by atoms with van der Waals surface area (Å²) in [5, 5.41) is 12.7. The number of aryl methyl sites for hydroxylation is 1. The highest BCUT2D eigenvalue weighted by Crippen LogP contribution is 2.17. The molecule has 2 rings (SSSR count). The van der Waals surface area contributed by atoms with Crippen molar-refractivity contribution in [3.8, 4) is 0 Å². The van der Waals surface area contributed by atoms with Crippen LogP contribution in [0.25, 0.3) is 0 Å². The van der Waals surface area contributed by atoms with Crippen molar-refractivity contribution < 1.29 is 5.11 Å². The lowest BCUT2D eigenvalue weighted by molar-refractivity contribution is 0.169. The van der Waals surface area contributed by atoms with Crippen molar-refractivity contribution in [3.63, 3.8) is 0 Å². The number of hydrogen-bond acceptors (Lipinski definition) is 4. The minimum Gasteiger partial charge on any atom is -0.385 e. The Hall–Kier alpha value is -1.20. The lowest BCUT2D eigenvalue weighted by Gasteiger charge is -2.04. The van der Waals surface area contributed by atoms with E-state index < -0.39 is 6.10 Å². The van der Waals surface area contributed by atoms with Gasteiger partial charge < -0.3 is 10.1 Å². The highest BCUT2D eigenvalue weighted by molar-refractivity contribution is 7.09. The van der Waals surface area contributed by atoms with Crippen LogP contribution in [-0.4, -0.2) is 20.1 Å². The second kappa shape index (κ2) is 3.89. The summed E-state index contributed by atoms with van der Waals surface area (Å²) in [5.41, 5.74) is 0.997. The molecular weight excluding hydrogens is 198 g/mol. The Balaban J connectivity index is 2.05. The van der Waals surface area contributed by atoms with Crippen molar-refractivity contribution in [1.82, 2.24) is 15.0 Å². The van der Waals surface area contributed by atoms with Crippen molar-refractivity contribution in [2.75, 3.05) is 0 Å². The molecule has 1 atom stereocenters. The summed E-state index contributed by atoms with van der Waals surface area (Å²) in [6.45, 7) is 1.94. The lowest BCUT2D eigenvalue weighted by Crippen LogP contribution is -2.03. The lowest BCUT2D eigenvalue weighted by atomic mass is 10.2. The highest BCUT2D eigenvalue weighted by Gasteiger charge is 2.12. The molecular formula is C9H11N3OS. The summed E-state index contributed by atoms with van der Waals surface area (Å²) in [7, 11) is 0. The van der Waals surface area contributed by atoms with Crippen molar-refractivity contribution in [1.29, 1.82) is 0 Å². The van der Waals surface area contributed by atoms with E-state index in [2.05, 4.69) is 15.0 Å². The fourth-order valence-electron chi connectivity index (χ4n) is 1.22. The maximum absolute atomic E-state index is 9.75. The maximum Gasteiger partial charge on any atom is 0.135 e. The van der Waals surface area contributed by atoms with Crippen LogP contribution in [0.4, 0.5) is 0 Å². The van der Waals surface area contributed by atoms with Gasteiger partial charge in [0.1, 0.15) is 11.9 Å². The second-order valence-corrected chi connectivity index (χ2v) is 4.02. The zero-order valence-electron chi connectivity index (χ0n) is 7.77. The first kappa shape index (κ1) is 9.36. The van der Waals surface area contributed by atoms with Gasteiger partial charge in [0.15, 0.2) is 0 Å². The number of nitrogens with zero attached hydrogens (tertiary/aromatic N) is 2. The van der Waals surface area contributed by atoms with Crippen LogP contribution in [0, 0.1) is 6.92 Å². The van der Waals surface area contributed by atoms with Gasteiger partial charge >= 0.3 is 0 Å². The number of thiazole rings is 1. The molecule has 2 aromatic rings. The molecule has 0 aliphatic carbocycles. The van der Waals surface area contributed by atoms with E-state index in [4.69, 9.17) is 0 Å². The molecule has 0 saturated heterocycles. The number of rotatable bonds is 3. The number of hydrogen-bond donors (Lipinski definition) is 2. The van der Waals surface area contributed by atoms with Crippen LogP contribution in [0.5, 0.6) is 0 Å². The summed E-state index contributed by atoms with van der Waals surface area (Å²) in [6.07, 6.45) is 3.26. The van der Waals surface area contributed by atoms with E-state index >= 15 is 0 Å². The number of aliphatic hydroxyl groups excluding tert-OH is 1. The number of aromatic amines is 1. The Morgan fingerprint density at radius 3 is 3.07 bits per heavy atom. The number of imidazole rings is 1. The van der Waals surface area contributed by atoms with E-state index in [1.807, 2.05) is 12.3 Å². The van der Waals surface area contributed by atoms with Gasteiger partial charge in [0.2, 0.25) is 0 Å². The maximum atomic E-state index is 9.75. The van der Waals surface area contributed by atoms with E-state index in [1.54, 1.807) is 23.7 Å². The number of H-pyrrole nitrogens is 1. The summed E-state index contributed by atoms with van der Waals surface area (Å²) >= 11 is 1.56. The van der Waals surface area contributed by atoms with Gasteiger partial charge in [0.25, 0.3) is 0 Å². The van der Waals surface area contributed by atoms with E-state index in [9.17, 15) is 5.11 Å². The normalized spacial score (nSPS) is 13.0. The van der Waals surface area contributed by atoms with Gasteiger partial charge in [-0.1, -0.05) is 0 Å². The zero-order chi connectivity index (χ0) is 9.97. The van der Waals surface area contributed by atoms with Crippen molar-refractivity contribution in [2.45, 2.75) is 19.4 Å². The van der Waals surface area contributed by atoms with Crippen LogP contribution in [0.3, 0.4) is 0 Å². The van der Waals surface area contributed by atoms with Crippen molar-refractivity contribution in [3.05, 3.63) is 34.3 Å². The molecule has 0 fully saturated rings. The Kier molecular flexibility index (Phi) is 2.60. The SMILES string of the molecule is Cc1csc(CC(O)c2ncc[nH]2)n1. The van der Waals surface area contributed by atoms with Crippen LogP contribution in [0.1, 0.15) is 22.6 Å². The molecule has 5 heteroatoms. The first-order chi connectivity index (χ1) is 6.75. The van der Waals surface area contributed by atoms with E-state index in [-0.39, 0.29) is 0 Å². The molecule has 0 spiro atoms. The Bertz CT molecular complexity index is 396. The van der Waals surface area contributed by atoms with Crippen LogP contribution in [-0.2, 0) is 6.42 Å². The number of aromatic nitrogens is 3. The van der Waals surface area contributed by atoms with Gasteiger partial charge in [0, 0.05) is 29.9 Å². The van der Waals surface area contributed by atoms with E-state index in [0.717, 1.165) is 10.7 Å². The molecule has 74 valence electrons. The molecule has 1 unspecified atom stereocenters. The van der Waals surface area contributed by atoms with Gasteiger partial charge in [-0.2, -0.15) is 0 Å². The predicted molar refractivity (Wildman–Crippen MR) is 54.1 cm³/mol. The molecule has 2 N–H and O–H groups in total. The number of nitrogens with one attached hydrogen (secondary N) is 1. The quantitative estimate of drug-likeness (QED) is 0.804. The summed E-state index contributed by atoms with van der Waals surface area (Å²) in [6, 6.07) is 0. The van der Waals surface area contributed by atoms with Crippen LogP contribution in [0.15, 0.2) is 17.8 Å². The standard InChI is InChI=1S/C9H11N3OS/c1-6-5-14-8(12-6)4-7(13)9-10-2-3-11-9/h2-3,5,7,13H,4H2,1H3,(H,10,11). The molecule has 14 heavy (non-hydrogen) atoms. The zero-order valence-corrected chi connectivity index (χ0v) is 8.58. The second-order valence-electron chi connectivity index (χ2n) is 3.08. The van der Waals surface area contributed by atoms with Crippen molar-refractivity contribution in [2.24, 2.45) is 0 Å². The van der Waals surface area contributed by atoms with Crippen LogP contribution >= 0.6 is 11.3 Å². The average Bonchev–Trinajstić information content (AvgIpc) is 2.75. The van der Waals surface area contributed by atoms with Gasteiger partial charge in [0.05, 0.1) is 5.01 Å². The fraction of sp³-hybridized carbons (Fsp3) is 0.333. The highest BCUT2D eigenvalue weighted by atomic mass is 32.1. The molecule has 0 amide bonds. The van der Waals surface area contributed by atoms with Gasteiger partial charge in [-0.15, -0.1) is 11.3 Å². The molecule has 0 bridgehead atoms. The minimum atomic E-state index is -0.587. The molecule has 2 aromatic heterocycles. The smallest absolute Gasteiger partial charge is 0.135 e. The monoisotopic (exact) mass is 209 g/mol. The summed E-state index contributed by atoms with van der Waals surface area (Å²) in [4.78, 5) is 11.1. The summed E-state index contributed by atoms with van der Waals surface area (Å²) < 4.78 is 0. The Labute approximate surface area is 85.7 Å². The van der Waals surface area contributed by atoms with E-state index in [0.29, 0.717) is 12.2 Å². The predicted octanol–water partition coefficient (Wildman–Crippen LogP) is 1.45. The third kappa shape index (κ3) is 2.00. The van der Waals surface area contributed by atoms with Gasteiger partial charge in [-0.25, -0.2) is 9.97 Å². The summed E-state index contributed by atoms with van der Waals surface area (Å²) in [5.74, 6) is 0.595. The number of aliphatic hydroxyl groups is 1. The molecule has 0 saturated carbocycles. The third-order valence-corrected chi connectivity index (χ3v) is 2.86. The molecule has 0 aliphatic rings. The molecule has 4 nitrogen and oxygen atoms in total.